The van der Waals surface area contributed by atoms with Gasteiger partial charge in [-0.15, -0.1) is 5.10 Å². The lowest BCUT2D eigenvalue weighted by molar-refractivity contribution is 0.0256. The van der Waals surface area contributed by atoms with Crippen molar-refractivity contribution in [2.45, 2.75) is 38.8 Å². The van der Waals surface area contributed by atoms with E-state index < -0.39 is 12.5 Å². The van der Waals surface area contributed by atoms with Crippen molar-refractivity contribution in [3.8, 4) is 6.01 Å². The number of rotatable bonds is 5. The Labute approximate surface area is 165 Å². The van der Waals surface area contributed by atoms with Gasteiger partial charge in [-0.25, -0.2) is 13.5 Å². The van der Waals surface area contributed by atoms with Crippen molar-refractivity contribution in [1.29, 1.82) is 0 Å². The van der Waals surface area contributed by atoms with Crippen LogP contribution in [-0.2, 0) is 6.54 Å². The zero-order valence-corrected chi connectivity index (χ0v) is 16.2. The molecule has 28 heavy (non-hydrogen) atoms. The minimum Gasteiger partial charge on any atom is -0.461 e. The molecule has 0 saturated carbocycles. The number of fused-ring (bicyclic) bond motifs is 1. The molecule has 0 N–H and O–H groups in total. The first-order chi connectivity index (χ1) is 13.3. The third-order valence-corrected chi connectivity index (χ3v) is 4.78. The van der Waals surface area contributed by atoms with Gasteiger partial charge in [-0.05, 0) is 25.5 Å². The summed E-state index contributed by atoms with van der Waals surface area (Å²) >= 11 is 6.25. The lowest BCUT2D eigenvalue weighted by Crippen LogP contribution is -2.26. The summed E-state index contributed by atoms with van der Waals surface area (Å²) in [6.45, 7) is 3.78. The molecular formula is C18H19ClF2N6O. The van der Waals surface area contributed by atoms with E-state index in [2.05, 4.69) is 20.3 Å². The Morgan fingerprint density at radius 1 is 1.25 bits per heavy atom. The van der Waals surface area contributed by atoms with Gasteiger partial charge >= 0.3 is 6.01 Å². The number of ether oxygens (including phenoxy) is 1. The summed E-state index contributed by atoms with van der Waals surface area (Å²) < 4.78 is 34.7. The van der Waals surface area contributed by atoms with E-state index in [9.17, 15) is 8.78 Å². The molecule has 3 heterocycles. The number of halogens is 3. The predicted molar refractivity (Wildman–Crippen MR) is 101 cm³/mol. The molecule has 2 aromatic heterocycles. The van der Waals surface area contributed by atoms with E-state index >= 15 is 0 Å². The summed E-state index contributed by atoms with van der Waals surface area (Å²) in [5, 5.41) is 8.91. The SMILES string of the molecule is CC(C)Oc1nc(N2CCC(F)(F)C2)c2nnn(Cc3ccccc3Cl)c2n1. The van der Waals surface area contributed by atoms with Gasteiger partial charge in [0.25, 0.3) is 5.92 Å². The van der Waals surface area contributed by atoms with Crippen molar-refractivity contribution in [3.05, 3.63) is 34.9 Å². The van der Waals surface area contributed by atoms with E-state index in [4.69, 9.17) is 16.3 Å². The minimum atomic E-state index is -2.76. The monoisotopic (exact) mass is 408 g/mol. The van der Waals surface area contributed by atoms with Gasteiger partial charge in [0.05, 0.1) is 19.2 Å². The lowest BCUT2D eigenvalue weighted by atomic mass is 10.2. The van der Waals surface area contributed by atoms with Crippen molar-refractivity contribution in [1.82, 2.24) is 25.0 Å². The molecule has 4 rings (SSSR count). The zero-order chi connectivity index (χ0) is 19.9. The number of aromatic nitrogens is 5. The fourth-order valence-electron chi connectivity index (χ4n) is 3.12. The summed E-state index contributed by atoms with van der Waals surface area (Å²) in [5.41, 5.74) is 1.62. The maximum atomic E-state index is 13.8. The Hall–Kier alpha value is -2.55. The Kier molecular flexibility index (Phi) is 4.78. The first kappa shape index (κ1) is 18.8. The van der Waals surface area contributed by atoms with Crippen LogP contribution in [-0.4, -0.2) is 50.1 Å². The molecule has 1 saturated heterocycles. The van der Waals surface area contributed by atoms with Crippen LogP contribution in [0, 0.1) is 0 Å². The van der Waals surface area contributed by atoms with Crippen molar-refractivity contribution in [2.24, 2.45) is 0 Å². The molecule has 1 aliphatic rings. The van der Waals surface area contributed by atoms with Gasteiger partial charge in [0.1, 0.15) is 0 Å². The van der Waals surface area contributed by atoms with E-state index in [-0.39, 0.29) is 25.1 Å². The largest absolute Gasteiger partial charge is 0.461 e. The summed E-state index contributed by atoms with van der Waals surface area (Å²) in [7, 11) is 0. The normalized spacial score (nSPS) is 16.3. The highest BCUT2D eigenvalue weighted by atomic mass is 35.5. The van der Waals surface area contributed by atoms with Crippen molar-refractivity contribution in [3.63, 3.8) is 0 Å². The Balaban J connectivity index is 1.78. The molecule has 0 amide bonds. The number of alkyl halides is 2. The van der Waals surface area contributed by atoms with Crippen LogP contribution < -0.4 is 9.64 Å². The van der Waals surface area contributed by atoms with E-state index in [1.807, 2.05) is 32.0 Å². The molecule has 0 unspecified atom stereocenters. The molecule has 1 aliphatic heterocycles. The minimum absolute atomic E-state index is 0.107. The average Bonchev–Trinajstić information content (AvgIpc) is 3.19. The maximum Gasteiger partial charge on any atom is 0.320 e. The zero-order valence-electron chi connectivity index (χ0n) is 15.4. The predicted octanol–water partition coefficient (Wildman–Crippen LogP) is 3.56. The van der Waals surface area contributed by atoms with Crippen LogP contribution in [0.3, 0.4) is 0 Å². The summed E-state index contributed by atoms with van der Waals surface area (Å²) in [6, 6.07) is 7.49. The van der Waals surface area contributed by atoms with E-state index in [1.54, 1.807) is 10.7 Å². The highest BCUT2D eigenvalue weighted by Crippen LogP contribution is 2.33. The first-order valence-corrected chi connectivity index (χ1v) is 9.34. The van der Waals surface area contributed by atoms with E-state index in [1.165, 1.54) is 4.90 Å². The Morgan fingerprint density at radius 2 is 2.04 bits per heavy atom. The molecule has 0 spiro atoms. The van der Waals surface area contributed by atoms with Gasteiger partial charge in [0, 0.05) is 18.0 Å². The summed E-state index contributed by atoms with van der Waals surface area (Å²) in [5.74, 6) is -2.45. The highest BCUT2D eigenvalue weighted by Gasteiger charge is 2.40. The number of hydrogen-bond acceptors (Lipinski definition) is 6. The molecule has 1 aromatic carbocycles. The standard InChI is InChI=1S/C18H19ClF2N6O/c1-11(2)28-17-22-15(26-8-7-18(20,21)10-26)14-16(23-17)27(25-24-14)9-12-5-3-4-6-13(12)19/h3-6,11H,7-10H2,1-2H3. The quantitative estimate of drug-likeness (QED) is 0.643. The molecule has 3 aromatic rings. The second-order valence-electron chi connectivity index (χ2n) is 7.03. The smallest absolute Gasteiger partial charge is 0.320 e. The van der Waals surface area contributed by atoms with Crippen LogP contribution >= 0.6 is 11.6 Å². The second kappa shape index (κ2) is 7.12. The van der Waals surface area contributed by atoms with Crippen molar-refractivity contribution >= 4 is 28.6 Å². The molecule has 0 bridgehead atoms. The number of benzene rings is 1. The molecule has 0 aliphatic carbocycles. The molecule has 1 fully saturated rings. The summed E-state index contributed by atoms with van der Waals surface area (Å²) in [6.07, 6.45) is -0.398. The molecular weight excluding hydrogens is 390 g/mol. The van der Waals surface area contributed by atoms with Crippen LogP contribution in [0.5, 0.6) is 6.01 Å². The number of nitrogens with zero attached hydrogens (tertiary/aromatic N) is 6. The number of hydrogen-bond donors (Lipinski definition) is 0. The molecule has 0 atom stereocenters. The van der Waals surface area contributed by atoms with Crippen molar-refractivity contribution < 1.29 is 13.5 Å². The van der Waals surface area contributed by atoms with Crippen LogP contribution in [0.25, 0.3) is 11.2 Å². The van der Waals surface area contributed by atoms with Gasteiger partial charge in [-0.2, -0.15) is 9.97 Å². The fourth-order valence-corrected chi connectivity index (χ4v) is 3.31. The molecule has 0 radical (unpaired) electrons. The van der Waals surface area contributed by atoms with Crippen LogP contribution in [0.15, 0.2) is 24.3 Å². The van der Waals surface area contributed by atoms with Gasteiger partial charge in [-0.3, -0.25) is 0 Å². The van der Waals surface area contributed by atoms with Gasteiger partial charge in [0.2, 0.25) is 0 Å². The molecule has 148 valence electrons. The second-order valence-corrected chi connectivity index (χ2v) is 7.44. The summed E-state index contributed by atoms with van der Waals surface area (Å²) in [4.78, 5) is 10.3. The van der Waals surface area contributed by atoms with Crippen LogP contribution in [0.4, 0.5) is 14.6 Å². The lowest BCUT2D eigenvalue weighted by Gasteiger charge is -2.18. The first-order valence-electron chi connectivity index (χ1n) is 8.96. The van der Waals surface area contributed by atoms with Crippen LogP contribution in [0.1, 0.15) is 25.8 Å². The molecule has 7 nitrogen and oxygen atoms in total. The maximum absolute atomic E-state index is 13.8. The average molecular weight is 409 g/mol. The van der Waals surface area contributed by atoms with Crippen LogP contribution in [0.2, 0.25) is 5.02 Å². The Bertz CT molecular complexity index is 1010. The third-order valence-electron chi connectivity index (χ3n) is 4.41. The Morgan fingerprint density at radius 3 is 2.71 bits per heavy atom. The fraction of sp³-hybridized carbons (Fsp3) is 0.444. The number of anilines is 1. The van der Waals surface area contributed by atoms with Gasteiger partial charge < -0.3 is 9.64 Å². The molecule has 10 heteroatoms. The van der Waals surface area contributed by atoms with Crippen molar-refractivity contribution in [2.75, 3.05) is 18.0 Å². The van der Waals surface area contributed by atoms with Gasteiger partial charge in [0.15, 0.2) is 17.0 Å². The third kappa shape index (κ3) is 3.71. The highest BCUT2D eigenvalue weighted by molar-refractivity contribution is 6.31. The van der Waals surface area contributed by atoms with Gasteiger partial charge in [-0.1, -0.05) is 35.0 Å². The van der Waals surface area contributed by atoms with E-state index in [0.717, 1.165) is 5.56 Å². The van der Waals surface area contributed by atoms with E-state index in [0.29, 0.717) is 28.5 Å². The topological polar surface area (TPSA) is 69.0 Å².